The van der Waals surface area contributed by atoms with Gasteiger partial charge in [0, 0.05) is 5.56 Å². The summed E-state index contributed by atoms with van der Waals surface area (Å²) < 4.78 is 11.0. The van der Waals surface area contributed by atoms with Crippen molar-refractivity contribution in [3.63, 3.8) is 0 Å². The third kappa shape index (κ3) is 5.24. The highest BCUT2D eigenvalue weighted by molar-refractivity contribution is 5.42. The van der Waals surface area contributed by atoms with Crippen LogP contribution in [0.3, 0.4) is 0 Å². The summed E-state index contributed by atoms with van der Waals surface area (Å²) in [5.41, 5.74) is 1.32. The molecule has 0 radical (unpaired) electrons. The minimum Gasteiger partial charge on any atom is -0.493 e. The van der Waals surface area contributed by atoms with E-state index >= 15 is 0 Å². The summed E-state index contributed by atoms with van der Waals surface area (Å²) >= 11 is 0. The number of benzene rings is 1. The molecule has 0 spiro atoms. The molecule has 0 saturated heterocycles. The minimum absolute atomic E-state index is 0.673. The fourth-order valence-electron chi connectivity index (χ4n) is 3.14. The number of ether oxygens (including phenoxy) is 2. The Morgan fingerprint density at radius 1 is 1.05 bits per heavy atom. The van der Waals surface area contributed by atoms with Crippen LogP contribution in [-0.2, 0) is 6.54 Å². The summed E-state index contributed by atoms with van der Waals surface area (Å²) in [6.45, 7) is 3.72. The lowest BCUT2D eigenvalue weighted by Crippen LogP contribution is -2.88. The first-order chi connectivity index (χ1) is 10.3. The average Bonchev–Trinajstić information content (AvgIpc) is 2.47. The van der Waals surface area contributed by atoms with Gasteiger partial charge in [0.2, 0.25) is 0 Å². The molecule has 0 amide bonds. The lowest BCUT2D eigenvalue weighted by molar-refractivity contribution is -0.706. The van der Waals surface area contributed by atoms with Crippen LogP contribution in [0.15, 0.2) is 18.2 Å². The molecule has 0 aromatic heterocycles. The van der Waals surface area contributed by atoms with Gasteiger partial charge in [-0.15, -0.1) is 0 Å². The topological polar surface area (TPSA) is 35.1 Å². The fourth-order valence-corrected chi connectivity index (χ4v) is 3.14. The van der Waals surface area contributed by atoms with E-state index in [1.54, 1.807) is 7.11 Å². The minimum atomic E-state index is 0.673. The number of nitrogens with two attached hydrogens (primary N) is 1. The predicted octanol–water partition coefficient (Wildman–Crippen LogP) is 3.27. The highest BCUT2D eigenvalue weighted by atomic mass is 16.5. The van der Waals surface area contributed by atoms with E-state index in [-0.39, 0.29) is 0 Å². The zero-order valence-corrected chi connectivity index (χ0v) is 13.6. The maximum atomic E-state index is 5.66. The van der Waals surface area contributed by atoms with Crippen LogP contribution in [0.4, 0.5) is 0 Å². The summed E-state index contributed by atoms with van der Waals surface area (Å²) in [5, 5.41) is 2.52. The van der Waals surface area contributed by atoms with Gasteiger partial charge in [-0.3, -0.25) is 0 Å². The second-order valence-corrected chi connectivity index (χ2v) is 5.96. The van der Waals surface area contributed by atoms with Gasteiger partial charge < -0.3 is 14.8 Å². The van der Waals surface area contributed by atoms with Crippen LogP contribution in [0.25, 0.3) is 0 Å². The van der Waals surface area contributed by atoms with Gasteiger partial charge in [-0.05, 0) is 50.8 Å². The highest BCUT2D eigenvalue weighted by Crippen LogP contribution is 2.27. The number of hydrogen-bond acceptors (Lipinski definition) is 2. The van der Waals surface area contributed by atoms with Crippen molar-refractivity contribution in [3.8, 4) is 11.5 Å². The summed E-state index contributed by atoms with van der Waals surface area (Å²) in [5.74, 6) is 1.69. The molecule has 1 aliphatic carbocycles. The molecule has 0 atom stereocenters. The molecule has 1 saturated carbocycles. The Kier molecular flexibility index (Phi) is 6.87. The maximum Gasteiger partial charge on any atom is 0.161 e. The second-order valence-electron chi connectivity index (χ2n) is 5.96. The molecule has 1 aromatic rings. The molecule has 118 valence electrons. The fraction of sp³-hybridized carbons (Fsp3) is 0.667. The molecule has 0 unspecified atom stereocenters. The summed E-state index contributed by atoms with van der Waals surface area (Å²) in [6.07, 6.45) is 9.80. The third-order valence-electron chi connectivity index (χ3n) is 4.36. The van der Waals surface area contributed by atoms with Crippen LogP contribution < -0.4 is 14.8 Å². The van der Waals surface area contributed by atoms with E-state index < -0.39 is 0 Å². The Morgan fingerprint density at radius 3 is 2.43 bits per heavy atom. The zero-order valence-electron chi connectivity index (χ0n) is 13.6. The molecule has 0 aliphatic heterocycles. The van der Waals surface area contributed by atoms with E-state index in [9.17, 15) is 0 Å². The molecule has 1 aliphatic rings. The van der Waals surface area contributed by atoms with Crippen LogP contribution in [0, 0.1) is 0 Å². The quantitative estimate of drug-likeness (QED) is 0.873. The average molecular weight is 292 g/mol. The lowest BCUT2D eigenvalue weighted by atomic mass is 9.96. The van der Waals surface area contributed by atoms with E-state index in [0.717, 1.165) is 24.1 Å². The van der Waals surface area contributed by atoms with Crippen LogP contribution in [0.2, 0.25) is 0 Å². The molecular formula is C18H30NO2+. The largest absolute Gasteiger partial charge is 0.493 e. The van der Waals surface area contributed by atoms with Crippen molar-refractivity contribution in [2.24, 2.45) is 0 Å². The zero-order chi connectivity index (χ0) is 14.9. The molecular weight excluding hydrogens is 262 g/mol. The van der Waals surface area contributed by atoms with Crippen molar-refractivity contribution >= 4 is 0 Å². The van der Waals surface area contributed by atoms with Crippen molar-refractivity contribution in [2.75, 3.05) is 13.7 Å². The Bertz CT molecular complexity index is 412. The van der Waals surface area contributed by atoms with Gasteiger partial charge in [-0.1, -0.05) is 19.3 Å². The molecule has 3 nitrogen and oxygen atoms in total. The number of hydrogen-bond donors (Lipinski definition) is 1. The van der Waals surface area contributed by atoms with Gasteiger partial charge in [0.25, 0.3) is 0 Å². The Morgan fingerprint density at radius 2 is 1.76 bits per heavy atom. The molecule has 3 heteroatoms. The van der Waals surface area contributed by atoms with Crippen molar-refractivity contribution in [2.45, 2.75) is 64.5 Å². The van der Waals surface area contributed by atoms with Crippen molar-refractivity contribution < 1.29 is 14.8 Å². The van der Waals surface area contributed by atoms with Crippen molar-refractivity contribution in [1.82, 2.24) is 0 Å². The Hall–Kier alpha value is -1.22. The van der Waals surface area contributed by atoms with E-state index in [2.05, 4.69) is 17.4 Å². The highest BCUT2D eigenvalue weighted by Gasteiger charge is 2.14. The molecule has 2 N–H and O–H groups in total. The number of quaternary nitrogens is 1. The predicted molar refractivity (Wildman–Crippen MR) is 85.9 cm³/mol. The van der Waals surface area contributed by atoms with Crippen LogP contribution in [0.5, 0.6) is 11.5 Å². The Balaban J connectivity index is 1.90. The second kappa shape index (κ2) is 8.93. The lowest BCUT2D eigenvalue weighted by Gasteiger charge is -2.18. The van der Waals surface area contributed by atoms with Gasteiger partial charge in [-0.25, -0.2) is 0 Å². The first-order valence-corrected chi connectivity index (χ1v) is 8.46. The van der Waals surface area contributed by atoms with Gasteiger partial charge in [-0.2, -0.15) is 0 Å². The first kappa shape index (κ1) is 16.2. The number of rotatable bonds is 6. The SMILES string of the molecule is CCOc1cc(C[NH2+]C2CCCCCCC2)ccc1OC. The maximum absolute atomic E-state index is 5.66. The van der Waals surface area contributed by atoms with Crippen molar-refractivity contribution in [1.29, 1.82) is 0 Å². The first-order valence-electron chi connectivity index (χ1n) is 8.46. The standard InChI is InChI=1S/C18H29NO2/c1-3-21-18-13-15(11-12-17(18)20-2)14-19-16-9-7-5-4-6-8-10-16/h11-13,16,19H,3-10,14H2,1-2H3/p+1. The van der Waals surface area contributed by atoms with E-state index in [1.165, 1.54) is 50.5 Å². The molecule has 0 heterocycles. The van der Waals surface area contributed by atoms with E-state index in [4.69, 9.17) is 9.47 Å². The monoisotopic (exact) mass is 292 g/mol. The summed E-state index contributed by atoms with van der Waals surface area (Å²) in [4.78, 5) is 0. The molecule has 1 fully saturated rings. The van der Waals surface area contributed by atoms with Gasteiger partial charge >= 0.3 is 0 Å². The molecule has 0 bridgehead atoms. The Labute approximate surface area is 129 Å². The van der Waals surface area contributed by atoms with Crippen LogP contribution in [-0.4, -0.2) is 19.8 Å². The van der Waals surface area contributed by atoms with E-state index in [0.29, 0.717) is 6.61 Å². The van der Waals surface area contributed by atoms with Crippen LogP contribution in [0.1, 0.15) is 57.4 Å². The van der Waals surface area contributed by atoms with Gasteiger partial charge in [0.1, 0.15) is 6.54 Å². The smallest absolute Gasteiger partial charge is 0.161 e. The number of methoxy groups -OCH3 is 1. The summed E-state index contributed by atoms with van der Waals surface area (Å²) in [6, 6.07) is 7.09. The molecule has 1 aromatic carbocycles. The molecule has 21 heavy (non-hydrogen) atoms. The van der Waals surface area contributed by atoms with Gasteiger partial charge in [0.05, 0.1) is 19.8 Å². The van der Waals surface area contributed by atoms with Crippen LogP contribution >= 0.6 is 0 Å². The molecule has 2 rings (SSSR count). The summed E-state index contributed by atoms with van der Waals surface area (Å²) in [7, 11) is 1.69. The van der Waals surface area contributed by atoms with Gasteiger partial charge in [0.15, 0.2) is 11.5 Å². The van der Waals surface area contributed by atoms with Crippen molar-refractivity contribution in [3.05, 3.63) is 23.8 Å². The normalized spacial score (nSPS) is 17.0. The van der Waals surface area contributed by atoms with E-state index in [1.807, 2.05) is 13.0 Å². The third-order valence-corrected chi connectivity index (χ3v) is 4.36.